The predicted octanol–water partition coefficient (Wildman–Crippen LogP) is 2.21. The quantitative estimate of drug-likeness (QED) is 0.735. The summed E-state index contributed by atoms with van der Waals surface area (Å²) >= 11 is 3.45. The maximum Gasteiger partial charge on any atom is 0.238 e. The second-order valence-corrected chi connectivity index (χ2v) is 5.87. The maximum atomic E-state index is 12.4. The third kappa shape index (κ3) is 1.84. The van der Waals surface area contributed by atoms with Crippen LogP contribution >= 0.6 is 15.9 Å². The third-order valence-corrected chi connectivity index (χ3v) is 4.07. The number of anilines is 1. The Morgan fingerprint density at radius 3 is 3.05 bits per heavy atom. The minimum Gasteiger partial charge on any atom is -0.325 e. The van der Waals surface area contributed by atoms with Gasteiger partial charge in [-0.3, -0.25) is 9.48 Å². The lowest BCUT2D eigenvalue weighted by atomic mass is 9.95. The second kappa shape index (κ2) is 4.36. The van der Waals surface area contributed by atoms with Gasteiger partial charge in [0, 0.05) is 23.4 Å². The summed E-state index contributed by atoms with van der Waals surface area (Å²) in [6.45, 7) is 0. The molecule has 0 aliphatic carbocycles. The van der Waals surface area contributed by atoms with Crippen LogP contribution in [-0.2, 0) is 11.8 Å². The first-order chi connectivity index (χ1) is 10.1. The van der Waals surface area contributed by atoms with Gasteiger partial charge in [0.1, 0.15) is 12.2 Å². The zero-order valence-electron chi connectivity index (χ0n) is 11.0. The van der Waals surface area contributed by atoms with Crippen LogP contribution in [0, 0.1) is 0 Å². The molecule has 0 bridgehead atoms. The van der Waals surface area contributed by atoms with Crippen LogP contribution in [0.3, 0.4) is 0 Å². The number of hydrogen-bond acceptors (Lipinski definition) is 4. The highest BCUT2D eigenvalue weighted by Crippen LogP contribution is 2.39. The SMILES string of the molecule is Cn1cc2c(C3C(=O)Nc4ccc(Br)cc43)ncnc2n1. The first-order valence-corrected chi connectivity index (χ1v) is 7.17. The summed E-state index contributed by atoms with van der Waals surface area (Å²) in [5.74, 6) is -0.515. The molecule has 2 aromatic heterocycles. The summed E-state index contributed by atoms with van der Waals surface area (Å²) in [5, 5.41) is 7.96. The standard InChI is InChI=1S/C14H10BrN5O/c1-20-5-9-12(16-6-17-13(9)19-20)11-8-4-7(15)2-3-10(8)18-14(11)21/h2-6,11H,1H3,(H,18,21). The lowest BCUT2D eigenvalue weighted by Crippen LogP contribution is -2.14. The minimum absolute atomic E-state index is 0.0769. The van der Waals surface area contributed by atoms with Crippen molar-refractivity contribution in [3.8, 4) is 0 Å². The maximum absolute atomic E-state index is 12.4. The zero-order valence-corrected chi connectivity index (χ0v) is 12.6. The zero-order chi connectivity index (χ0) is 14.6. The van der Waals surface area contributed by atoms with Crippen LogP contribution in [0.4, 0.5) is 5.69 Å². The molecule has 0 saturated heterocycles. The number of halogens is 1. The molecule has 104 valence electrons. The predicted molar refractivity (Wildman–Crippen MR) is 80.9 cm³/mol. The number of fused-ring (bicyclic) bond motifs is 2. The lowest BCUT2D eigenvalue weighted by molar-refractivity contribution is -0.116. The molecule has 3 heterocycles. The van der Waals surface area contributed by atoms with Gasteiger partial charge in [-0.05, 0) is 23.8 Å². The molecule has 1 aliphatic rings. The molecule has 0 fully saturated rings. The molecule has 1 aromatic carbocycles. The fourth-order valence-corrected chi connectivity index (χ4v) is 3.08. The number of rotatable bonds is 1. The van der Waals surface area contributed by atoms with E-state index in [0.717, 1.165) is 21.1 Å². The Morgan fingerprint density at radius 2 is 2.19 bits per heavy atom. The van der Waals surface area contributed by atoms with Gasteiger partial charge in [-0.2, -0.15) is 5.10 Å². The molecule has 1 N–H and O–H groups in total. The fourth-order valence-electron chi connectivity index (χ4n) is 2.70. The van der Waals surface area contributed by atoms with Crippen LogP contribution in [0.5, 0.6) is 0 Å². The summed E-state index contributed by atoms with van der Waals surface area (Å²) in [5.41, 5.74) is 3.02. The Bertz CT molecular complexity index is 888. The number of carbonyl (C=O) groups excluding carboxylic acids is 1. The molecule has 1 amide bonds. The minimum atomic E-state index is -0.438. The van der Waals surface area contributed by atoms with Crippen molar-refractivity contribution < 1.29 is 4.79 Å². The largest absolute Gasteiger partial charge is 0.325 e. The van der Waals surface area contributed by atoms with Gasteiger partial charge in [-0.25, -0.2) is 9.97 Å². The monoisotopic (exact) mass is 343 g/mol. The van der Waals surface area contributed by atoms with Crippen LogP contribution in [0.1, 0.15) is 17.2 Å². The Balaban J connectivity index is 1.97. The van der Waals surface area contributed by atoms with Crippen LogP contribution in [0.2, 0.25) is 0 Å². The van der Waals surface area contributed by atoms with Gasteiger partial charge in [-0.15, -0.1) is 0 Å². The first kappa shape index (κ1) is 12.5. The molecule has 1 aliphatic heterocycles. The van der Waals surface area contributed by atoms with Gasteiger partial charge in [0.15, 0.2) is 5.65 Å². The number of aryl methyl sites for hydroxylation is 1. The highest BCUT2D eigenvalue weighted by Gasteiger charge is 2.34. The summed E-state index contributed by atoms with van der Waals surface area (Å²) < 4.78 is 2.61. The molecular formula is C14H10BrN5O. The number of aromatic nitrogens is 4. The Morgan fingerprint density at radius 1 is 1.33 bits per heavy atom. The van der Waals surface area contributed by atoms with Crippen molar-refractivity contribution in [1.29, 1.82) is 0 Å². The van der Waals surface area contributed by atoms with Crippen LogP contribution in [-0.4, -0.2) is 25.7 Å². The number of hydrogen-bond donors (Lipinski definition) is 1. The van der Waals surface area contributed by atoms with E-state index in [-0.39, 0.29) is 5.91 Å². The number of nitrogens with zero attached hydrogens (tertiary/aromatic N) is 4. The van der Waals surface area contributed by atoms with E-state index < -0.39 is 5.92 Å². The molecule has 1 unspecified atom stereocenters. The van der Waals surface area contributed by atoms with E-state index in [1.165, 1.54) is 6.33 Å². The summed E-state index contributed by atoms with van der Waals surface area (Å²) in [4.78, 5) is 20.9. The normalized spacial score (nSPS) is 17.0. The topological polar surface area (TPSA) is 72.7 Å². The van der Waals surface area contributed by atoms with E-state index in [9.17, 15) is 4.79 Å². The second-order valence-electron chi connectivity index (χ2n) is 4.95. The summed E-state index contributed by atoms with van der Waals surface area (Å²) in [7, 11) is 1.82. The van der Waals surface area contributed by atoms with E-state index >= 15 is 0 Å². The molecule has 21 heavy (non-hydrogen) atoms. The molecule has 0 radical (unpaired) electrons. The summed E-state index contributed by atoms with van der Waals surface area (Å²) in [6, 6.07) is 5.74. The molecule has 6 nitrogen and oxygen atoms in total. The van der Waals surface area contributed by atoms with E-state index in [0.29, 0.717) is 11.3 Å². The van der Waals surface area contributed by atoms with Gasteiger partial charge in [-0.1, -0.05) is 15.9 Å². The molecule has 0 saturated carbocycles. The van der Waals surface area contributed by atoms with E-state index in [1.54, 1.807) is 4.68 Å². The van der Waals surface area contributed by atoms with Crippen molar-refractivity contribution >= 4 is 38.6 Å². The highest BCUT2D eigenvalue weighted by atomic mass is 79.9. The van der Waals surface area contributed by atoms with Crippen LogP contribution < -0.4 is 5.32 Å². The van der Waals surface area contributed by atoms with Gasteiger partial charge < -0.3 is 5.32 Å². The van der Waals surface area contributed by atoms with Gasteiger partial charge >= 0.3 is 0 Å². The average Bonchev–Trinajstić information content (AvgIpc) is 2.97. The average molecular weight is 344 g/mol. The number of benzene rings is 1. The molecule has 4 rings (SSSR count). The van der Waals surface area contributed by atoms with Crippen LogP contribution in [0.15, 0.2) is 35.2 Å². The van der Waals surface area contributed by atoms with Crippen molar-refractivity contribution in [2.75, 3.05) is 5.32 Å². The Hall–Kier alpha value is -2.28. The summed E-state index contributed by atoms with van der Waals surface area (Å²) in [6.07, 6.45) is 3.29. The molecule has 0 spiro atoms. The van der Waals surface area contributed by atoms with Crippen LogP contribution in [0.25, 0.3) is 11.0 Å². The van der Waals surface area contributed by atoms with Crippen molar-refractivity contribution in [3.63, 3.8) is 0 Å². The lowest BCUT2D eigenvalue weighted by Gasteiger charge is -2.09. The van der Waals surface area contributed by atoms with E-state index in [2.05, 4.69) is 36.3 Å². The fraction of sp³-hybridized carbons (Fsp3) is 0.143. The number of carbonyl (C=O) groups is 1. The van der Waals surface area contributed by atoms with Crippen molar-refractivity contribution in [2.45, 2.75) is 5.92 Å². The Kier molecular flexibility index (Phi) is 2.58. The van der Waals surface area contributed by atoms with E-state index in [4.69, 9.17) is 0 Å². The van der Waals surface area contributed by atoms with Gasteiger partial charge in [0.05, 0.1) is 11.1 Å². The highest BCUT2D eigenvalue weighted by molar-refractivity contribution is 9.10. The third-order valence-electron chi connectivity index (χ3n) is 3.58. The Labute approximate surface area is 128 Å². The number of amides is 1. The van der Waals surface area contributed by atoms with Crippen molar-refractivity contribution in [3.05, 3.63) is 46.5 Å². The molecular weight excluding hydrogens is 334 g/mol. The van der Waals surface area contributed by atoms with Gasteiger partial charge in [0.2, 0.25) is 5.91 Å². The molecule has 1 atom stereocenters. The smallest absolute Gasteiger partial charge is 0.238 e. The van der Waals surface area contributed by atoms with E-state index in [1.807, 2.05) is 31.4 Å². The van der Waals surface area contributed by atoms with Gasteiger partial charge in [0.25, 0.3) is 0 Å². The number of nitrogens with one attached hydrogen (secondary N) is 1. The first-order valence-electron chi connectivity index (χ1n) is 6.38. The molecule has 7 heteroatoms. The van der Waals surface area contributed by atoms with Crippen molar-refractivity contribution in [1.82, 2.24) is 19.7 Å². The van der Waals surface area contributed by atoms with Crippen molar-refractivity contribution in [2.24, 2.45) is 7.05 Å². The molecule has 3 aromatic rings.